The molecule has 0 atom stereocenters. The molecule has 0 radical (unpaired) electrons. The Kier molecular flexibility index (Phi) is 2.57. The molecule has 2 rings (SSSR count). The molecule has 84 valence electrons. The van der Waals surface area contributed by atoms with Gasteiger partial charge in [-0.25, -0.2) is 10.8 Å². The second-order valence-electron chi connectivity index (χ2n) is 3.55. The normalized spacial score (nSPS) is 10.8. The molecular weight excluding hydrogens is 228 g/mol. The van der Waals surface area contributed by atoms with Gasteiger partial charge in [-0.1, -0.05) is 11.6 Å². The quantitative estimate of drug-likeness (QED) is 0.446. The van der Waals surface area contributed by atoms with Crippen LogP contribution in [0.5, 0.6) is 0 Å². The fraction of sp³-hybridized carbons (Fsp3) is 0.200. The topological polar surface area (TPSA) is 72.4 Å². The van der Waals surface area contributed by atoms with Gasteiger partial charge in [0, 0.05) is 6.20 Å². The van der Waals surface area contributed by atoms with E-state index < -0.39 is 0 Å². The minimum absolute atomic E-state index is 0.383. The molecule has 0 aliphatic carbocycles. The molecular formula is C10H11ClN4O. The average molecular weight is 239 g/mol. The number of imidazole rings is 1. The van der Waals surface area contributed by atoms with Gasteiger partial charge in [0.25, 0.3) is 5.91 Å². The summed E-state index contributed by atoms with van der Waals surface area (Å²) in [6, 6.07) is 1.80. The van der Waals surface area contributed by atoms with E-state index in [0.29, 0.717) is 22.1 Å². The highest BCUT2D eigenvalue weighted by atomic mass is 35.5. The van der Waals surface area contributed by atoms with Crippen LogP contribution in [0.2, 0.25) is 5.02 Å². The summed E-state index contributed by atoms with van der Waals surface area (Å²) in [5.74, 6) is 4.74. The minimum atomic E-state index is -0.383. The average Bonchev–Trinajstić information content (AvgIpc) is 2.54. The Morgan fingerprint density at radius 1 is 1.56 bits per heavy atom. The summed E-state index contributed by atoms with van der Waals surface area (Å²) >= 11 is 5.94. The minimum Gasteiger partial charge on any atom is -0.293 e. The molecule has 6 heteroatoms. The Bertz CT molecular complexity index is 576. The van der Waals surface area contributed by atoms with Crippen molar-refractivity contribution in [2.75, 3.05) is 0 Å². The molecule has 2 aromatic heterocycles. The van der Waals surface area contributed by atoms with E-state index in [1.807, 2.05) is 6.92 Å². The number of carbonyl (C=O) groups is 1. The Labute approximate surface area is 97.2 Å². The van der Waals surface area contributed by atoms with Crippen LogP contribution >= 0.6 is 11.6 Å². The highest BCUT2D eigenvalue weighted by Crippen LogP contribution is 2.19. The number of hydrogen-bond acceptors (Lipinski definition) is 3. The van der Waals surface area contributed by atoms with Gasteiger partial charge < -0.3 is 0 Å². The summed E-state index contributed by atoms with van der Waals surface area (Å²) in [5, 5.41) is 0.550. The van der Waals surface area contributed by atoms with Gasteiger partial charge in [0.15, 0.2) is 0 Å². The van der Waals surface area contributed by atoms with E-state index in [1.165, 1.54) is 0 Å². The Morgan fingerprint density at radius 2 is 2.25 bits per heavy atom. The fourth-order valence-electron chi connectivity index (χ4n) is 1.72. The number of hydrazine groups is 1. The van der Waals surface area contributed by atoms with Crippen molar-refractivity contribution < 1.29 is 4.79 Å². The van der Waals surface area contributed by atoms with E-state index in [2.05, 4.69) is 10.4 Å². The smallest absolute Gasteiger partial charge is 0.284 e. The number of aromatic nitrogens is 2. The molecule has 0 aliphatic heterocycles. The molecule has 0 spiro atoms. The molecule has 0 fully saturated rings. The lowest BCUT2D eigenvalue weighted by Gasteiger charge is -2.03. The molecule has 2 aromatic rings. The first kappa shape index (κ1) is 10.9. The molecule has 2 heterocycles. The van der Waals surface area contributed by atoms with Crippen LogP contribution in [0.15, 0.2) is 12.3 Å². The highest BCUT2D eigenvalue weighted by Gasteiger charge is 2.16. The second kappa shape index (κ2) is 3.77. The fourth-order valence-corrected chi connectivity index (χ4v) is 1.99. The summed E-state index contributed by atoms with van der Waals surface area (Å²) in [6.07, 6.45) is 1.65. The number of aryl methyl sites for hydroxylation is 2. The first-order chi connectivity index (χ1) is 7.54. The number of pyridine rings is 1. The maximum Gasteiger partial charge on any atom is 0.284 e. The number of nitrogen functional groups attached to an aromatic ring is 1. The van der Waals surface area contributed by atoms with Crippen LogP contribution in [0.25, 0.3) is 5.65 Å². The molecule has 0 aliphatic rings. The summed E-state index contributed by atoms with van der Waals surface area (Å²) in [6.45, 7) is 3.64. The number of hydrogen-bond donors (Lipinski definition) is 2. The lowest BCUT2D eigenvalue weighted by molar-refractivity contribution is 0.0947. The highest BCUT2D eigenvalue weighted by molar-refractivity contribution is 6.30. The Morgan fingerprint density at radius 3 is 2.88 bits per heavy atom. The van der Waals surface area contributed by atoms with Gasteiger partial charge in [0.1, 0.15) is 11.3 Å². The maximum absolute atomic E-state index is 11.6. The third kappa shape index (κ3) is 1.54. The van der Waals surface area contributed by atoms with Gasteiger partial charge in [-0.05, 0) is 25.5 Å². The molecule has 3 N–H and O–H groups in total. The summed E-state index contributed by atoms with van der Waals surface area (Å²) in [4.78, 5) is 15.9. The van der Waals surface area contributed by atoms with Crippen molar-refractivity contribution in [3.05, 3.63) is 34.2 Å². The van der Waals surface area contributed by atoms with E-state index in [0.717, 1.165) is 5.56 Å². The van der Waals surface area contributed by atoms with Crippen molar-refractivity contribution in [1.29, 1.82) is 0 Å². The van der Waals surface area contributed by atoms with E-state index >= 15 is 0 Å². The van der Waals surface area contributed by atoms with Gasteiger partial charge >= 0.3 is 0 Å². The number of halogens is 1. The summed E-state index contributed by atoms with van der Waals surface area (Å²) in [7, 11) is 0. The molecule has 1 amide bonds. The summed E-state index contributed by atoms with van der Waals surface area (Å²) in [5.41, 5.74) is 4.74. The predicted molar refractivity (Wildman–Crippen MR) is 61.3 cm³/mol. The zero-order chi connectivity index (χ0) is 11.9. The van der Waals surface area contributed by atoms with E-state index in [1.54, 1.807) is 23.6 Å². The van der Waals surface area contributed by atoms with Crippen LogP contribution in [-0.2, 0) is 0 Å². The number of fused-ring (bicyclic) bond motifs is 1. The maximum atomic E-state index is 11.6. The van der Waals surface area contributed by atoms with Crippen molar-refractivity contribution in [1.82, 2.24) is 14.8 Å². The van der Waals surface area contributed by atoms with Crippen molar-refractivity contribution >= 4 is 23.2 Å². The number of nitrogens with two attached hydrogens (primary N) is 1. The SMILES string of the molecule is Cc1nc2c(C)cc(Cl)cn2c1C(=O)NN. The van der Waals surface area contributed by atoms with Crippen LogP contribution in [0.3, 0.4) is 0 Å². The number of nitrogens with zero attached hydrogens (tertiary/aromatic N) is 2. The van der Waals surface area contributed by atoms with E-state index in [9.17, 15) is 4.79 Å². The monoisotopic (exact) mass is 238 g/mol. The number of amides is 1. The molecule has 0 bridgehead atoms. The Hall–Kier alpha value is -1.59. The first-order valence-electron chi connectivity index (χ1n) is 4.70. The molecule has 0 saturated carbocycles. The zero-order valence-electron chi connectivity index (χ0n) is 8.91. The zero-order valence-corrected chi connectivity index (χ0v) is 9.67. The largest absolute Gasteiger partial charge is 0.293 e. The Balaban J connectivity index is 2.83. The lowest BCUT2D eigenvalue weighted by Crippen LogP contribution is -2.31. The molecule has 0 saturated heterocycles. The van der Waals surface area contributed by atoms with E-state index in [4.69, 9.17) is 17.4 Å². The first-order valence-corrected chi connectivity index (χ1v) is 5.08. The lowest BCUT2D eigenvalue weighted by atomic mass is 10.3. The molecule has 16 heavy (non-hydrogen) atoms. The number of nitrogens with one attached hydrogen (secondary N) is 1. The molecule has 5 nitrogen and oxygen atoms in total. The van der Waals surface area contributed by atoms with Gasteiger partial charge in [0.05, 0.1) is 10.7 Å². The second-order valence-corrected chi connectivity index (χ2v) is 3.99. The van der Waals surface area contributed by atoms with Crippen LogP contribution in [0.4, 0.5) is 0 Å². The van der Waals surface area contributed by atoms with Crippen LogP contribution < -0.4 is 11.3 Å². The molecule has 0 unspecified atom stereocenters. The third-order valence-corrected chi connectivity index (χ3v) is 2.60. The van der Waals surface area contributed by atoms with Gasteiger partial charge in [-0.2, -0.15) is 0 Å². The van der Waals surface area contributed by atoms with Crippen molar-refractivity contribution in [3.8, 4) is 0 Å². The summed E-state index contributed by atoms with van der Waals surface area (Å²) < 4.78 is 1.65. The number of carbonyl (C=O) groups excluding carboxylic acids is 1. The van der Waals surface area contributed by atoms with Gasteiger partial charge in [0.2, 0.25) is 0 Å². The van der Waals surface area contributed by atoms with Crippen LogP contribution in [0.1, 0.15) is 21.7 Å². The van der Waals surface area contributed by atoms with Crippen molar-refractivity contribution in [2.45, 2.75) is 13.8 Å². The van der Waals surface area contributed by atoms with Gasteiger partial charge in [-0.15, -0.1) is 0 Å². The van der Waals surface area contributed by atoms with Crippen molar-refractivity contribution in [2.24, 2.45) is 5.84 Å². The van der Waals surface area contributed by atoms with Gasteiger partial charge in [-0.3, -0.25) is 14.6 Å². The number of rotatable bonds is 1. The van der Waals surface area contributed by atoms with Crippen LogP contribution in [0, 0.1) is 13.8 Å². The van der Waals surface area contributed by atoms with Crippen LogP contribution in [-0.4, -0.2) is 15.3 Å². The predicted octanol–water partition coefficient (Wildman–Crippen LogP) is 1.21. The standard InChI is InChI=1S/C10H11ClN4O/c1-5-3-7(11)4-15-8(10(16)14-12)6(2)13-9(5)15/h3-4H,12H2,1-2H3,(H,14,16). The third-order valence-electron chi connectivity index (χ3n) is 2.39. The van der Waals surface area contributed by atoms with Crippen molar-refractivity contribution in [3.63, 3.8) is 0 Å². The molecule has 0 aromatic carbocycles. The van der Waals surface area contributed by atoms with E-state index in [-0.39, 0.29) is 5.91 Å².